The van der Waals surface area contributed by atoms with E-state index in [4.69, 9.17) is 11.6 Å². The van der Waals surface area contributed by atoms with Gasteiger partial charge in [0.1, 0.15) is 0 Å². The molecule has 122 valence electrons. The summed E-state index contributed by atoms with van der Waals surface area (Å²) in [6.45, 7) is 2.21. The van der Waals surface area contributed by atoms with E-state index in [0.717, 1.165) is 25.7 Å². The quantitative estimate of drug-likeness (QED) is 0.881. The van der Waals surface area contributed by atoms with Gasteiger partial charge in [0.05, 0.1) is 15.5 Å². The predicted octanol–water partition coefficient (Wildman–Crippen LogP) is 2.56. The zero-order valence-electron chi connectivity index (χ0n) is 12.7. The Morgan fingerprint density at radius 3 is 2.45 bits per heavy atom. The summed E-state index contributed by atoms with van der Waals surface area (Å²) in [4.78, 5) is 12.4. The molecule has 0 saturated heterocycles. The van der Waals surface area contributed by atoms with Crippen molar-refractivity contribution in [3.05, 3.63) is 28.8 Å². The number of hydrogen-bond donors (Lipinski definition) is 2. The van der Waals surface area contributed by atoms with E-state index in [9.17, 15) is 13.2 Å². The molecule has 2 rings (SSSR count). The molecule has 5 nitrogen and oxygen atoms in total. The van der Waals surface area contributed by atoms with Crippen LogP contribution in [0.15, 0.2) is 23.1 Å². The Morgan fingerprint density at radius 1 is 1.23 bits per heavy atom. The molecule has 0 radical (unpaired) electrons. The van der Waals surface area contributed by atoms with E-state index in [1.807, 2.05) is 0 Å². The van der Waals surface area contributed by atoms with Crippen LogP contribution < -0.4 is 10.0 Å². The van der Waals surface area contributed by atoms with Crippen LogP contribution >= 0.6 is 11.6 Å². The summed E-state index contributed by atoms with van der Waals surface area (Å²) < 4.78 is 25.9. The molecule has 0 bridgehead atoms. The molecule has 0 spiro atoms. The fourth-order valence-electron chi connectivity index (χ4n) is 2.63. The molecule has 0 atom stereocenters. The van der Waals surface area contributed by atoms with Gasteiger partial charge < -0.3 is 5.32 Å². The minimum Gasteiger partial charge on any atom is -0.349 e. The van der Waals surface area contributed by atoms with Crippen LogP contribution in [0.5, 0.6) is 0 Å². The second-order valence-corrected chi connectivity index (χ2v) is 8.07. The second-order valence-electron chi connectivity index (χ2n) is 5.78. The van der Waals surface area contributed by atoms with Crippen molar-refractivity contribution in [3.8, 4) is 0 Å². The summed E-state index contributed by atoms with van der Waals surface area (Å²) in [7, 11) is -2.27. The first-order chi connectivity index (χ1) is 10.3. The summed E-state index contributed by atoms with van der Waals surface area (Å²) in [5.74, 6) is 0.374. The number of carbonyl (C=O) groups is 1. The highest BCUT2D eigenvalue weighted by Gasteiger charge is 2.22. The van der Waals surface area contributed by atoms with E-state index < -0.39 is 10.0 Å². The van der Waals surface area contributed by atoms with E-state index in [0.29, 0.717) is 5.92 Å². The number of carbonyl (C=O) groups excluding carboxylic acids is 1. The van der Waals surface area contributed by atoms with Crippen molar-refractivity contribution >= 4 is 27.5 Å². The summed E-state index contributed by atoms with van der Waals surface area (Å²) in [5.41, 5.74) is 0.191. The minimum atomic E-state index is -3.60. The predicted molar refractivity (Wildman–Crippen MR) is 86.6 cm³/mol. The summed E-state index contributed by atoms with van der Waals surface area (Å²) in [5, 5.41) is 3.20. The number of hydrogen-bond acceptors (Lipinski definition) is 3. The topological polar surface area (TPSA) is 75.3 Å². The highest BCUT2D eigenvalue weighted by atomic mass is 35.5. The van der Waals surface area contributed by atoms with Crippen molar-refractivity contribution in [1.29, 1.82) is 0 Å². The number of nitrogens with one attached hydrogen (secondary N) is 2. The van der Waals surface area contributed by atoms with Gasteiger partial charge in [-0.2, -0.15) is 0 Å². The molecule has 1 saturated carbocycles. The molecule has 0 heterocycles. The minimum absolute atomic E-state index is 0.0295. The number of sulfonamides is 1. The van der Waals surface area contributed by atoms with E-state index in [1.165, 1.54) is 25.2 Å². The van der Waals surface area contributed by atoms with E-state index in [1.54, 1.807) is 0 Å². The zero-order chi connectivity index (χ0) is 16.3. The number of amides is 1. The SMILES string of the molecule is CNS(=O)(=O)c1ccc(Cl)c(C(=O)NC2CCC(C)CC2)c1. The van der Waals surface area contributed by atoms with Crippen LogP contribution in [0.4, 0.5) is 0 Å². The van der Waals surface area contributed by atoms with Gasteiger partial charge in [-0.1, -0.05) is 18.5 Å². The normalized spacial score (nSPS) is 22.3. The Bertz CT molecular complexity index is 653. The molecule has 0 aromatic heterocycles. The third-order valence-electron chi connectivity index (χ3n) is 4.11. The highest BCUT2D eigenvalue weighted by Crippen LogP contribution is 2.25. The van der Waals surface area contributed by atoms with E-state index in [-0.39, 0.29) is 27.4 Å². The molecule has 0 aliphatic heterocycles. The first kappa shape index (κ1) is 17.2. The van der Waals surface area contributed by atoms with Gasteiger partial charge in [-0.3, -0.25) is 4.79 Å². The van der Waals surface area contributed by atoms with Crippen LogP contribution in [0.2, 0.25) is 5.02 Å². The fourth-order valence-corrected chi connectivity index (χ4v) is 3.59. The van der Waals surface area contributed by atoms with E-state index in [2.05, 4.69) is 17.0 Å². The fraction of sp³-hybridized carbons (Fsp3) is 0.533. The molecule has 1 aliphatic rings. The third-order valence-corrected chi connectivity index (χ3v) is 5.85. The molecule has 7 heteroatoms. The smallest absolute Gasteiger partial charge is 0.253 e. The molecule has 2 N–H and O–H groups in total. The lowest BCUT2D eigenvalue weighted by Gasteiger charge is -2.27. The van der Waals surface area contributed by atoms with Crippen molar-refractivity contribution in [3.63, 3.8) is 0 Å². The van der Waals surface area contributed by atoms with Crippen molar-refractivity contribution < 1.29 is 13.2 Å². The zero-order valence-corrected chi connectivity index (χ0v) is 14.3. The van der Waals surface area contributed by atoms with Gasteiger partial charge in [-0.15, -0.1) is 0 Å². The standard InChI is InChI=1S/C15H21ClN2O3S/c1-10-3-5-11(6-4-10)18-15(19)13-9-12(7-8-14(13)16)22(20,21)17-2/h7-11,17H,3-6H2,1-2H3,(H,18,19). The molecule has 1 fully saturated rings. The lowest BCUT2D eigenvalue weighted by Crippen LogP contribution is -2.37. The summed E-state index contributed by atoms with van der Waals surface area (Å²) in [6.07, 6.45) is 4.07. The Labute approximate surface area is 136 Å². The van der Waals surface area contributed by atoms with Crippen LogP contribution in [0.25, 0.3) is 0 Å². The molecule has 1 aliphatic carbocycles. The van der Waals surface area contributed by atoms with Crippen molar-refractivity contribution in [1.82, 2.24) is 10.0 Å². The van der Waals surface area contributed by atoms with Gasteiger partial charge in [0.2, 0.25) is 10.0 Å². The first-order valence-electron chi connectivity index (χ1n) is 7.37. The number of benzene rings is 1. The van der Waals surface area contributed by atoms with Crippen LogP contribution in [0.1, 0.15) is 43.0 Å². The number of halogens is 1. The molecule has 0 unspecified atom stereocenters. The molecular weight excluding hydrogens is 324 g/mol. The Hall–Kier alpha value is -1.11. The van der Waals surface area contributed by atoms with Gasteiger partial charge >= 0.3 is 0 Å². The Balaban J connectivity index is 2.17. The molecular formula is C15H21ClN2O3S. The maximum atomic E-state index is 12.4. The molecule has 1 aromatic rings. The van der Waals surface area contributed by atoms with E-state index >= 15 is 0 Å². The Morgan fingerprint density at radius 2 is 1.86 bits per heavy atom. The van der Waals surface area contributed by atoms with Crippen LogP contribution in [0, 0.1) is 5.92 Å². The lowest BCUT2D eigenvalue weighted by atomic mass is 9.87. The average Bonchev–Trinajstić information content (AvgIpc) is 2.49. The Kier molecular flexibility index (Phi) is 5.47. The summed E-state index contributed by atoms with van der Waals surface area (Å²) >= 11 is 6.05. The van der Waals surface area contributed by atoms with Crippen molar-refractivity contribution in [2.75, 3.05) is 7.05 Å². The largest absolute Gasteiger partial charge is 0.349 e. The van der Waals surface area contributed by atoms with Crippen LogP contribution in [-0.2, 0) is 10.0 Å². The van der Waals surface area contributed by atoms with Crippen LogP contribution in [-0.4, -0.2) is 27.4 Å². The van der Waals surface area contributed by atoms with Crippen LogP contribution in [0.3, 0.4) is 0 Å². The molecule has 1 aromatic carbocycles. The maximum Gasteiger partial charge on any atom is 0.253 e. The van der Waals surface area contributed by atoms with Gasteiger partial charge in [-0.25, -0.2) is 13.1 Å². The van der Waals surface area contributed by atoms with Crippen molar-refractivity contribution in [2.45, 2.75) is 43.5 Å². The van der Waals surface area contributed by atoms with Gasteiger partial charge in [0, 0.05) is 6.04 Å². The highest BCUT2D eigenvalue weighted by molar-refractivity contribution is 7.89. The maximum absolute atomic E-state index is 12.4. The summed E-state index contributed by atoms with van der Waals surface area (Å²) in [6, 6.07) is 4.26. The van der Waals surface area contributed by atoms with Gasteiger partial charge in [-0.05, 0) is 56.8 Å². The molecule has 1 amide bonds. The third kappa shape index (κ3) is 4.00. The first-order valence-corrected chi connectivity index (χ1v) is 9.23. The monoisotopic (exact) mass is 344 g/mol. The average molecular weight is 345 g/mol. The number of rotatable bonds is 4. The lowest BCUT2D eigenvalue weighted by molar-refractivity contribution is 0.0923. The van der Waals surface area contributed by atoms with Gasteiger partial charge in [0.15, 0.2) is 0 Å². The molecule has 22 heavy (non-hydrogen) atoms. The van der Waals surface area contributed by atoms with Gasteiger partial charge in [0.25, 0.3) is 5.91 Å². The van der Waals surface area contributed by atoms with Crippen molar-refractivity contribution in [2.24, 2.45) is 5.92 Å². The second kappa shape index (κ2) is 6.98.